The number of carbonyl (C=O) groups is 1. The molecule has 6 heteroatoms. The summed E-state index contributed by atoms with van der Waals surface area (Å²) in [6.07, 6.45) is 3.00. The number of fused-ring (bicyclic) bond motifs is 1. The molecule has 0 atom stereocenters. The van der Waals surface area contributed by atoms with E-state index < -0.39 is 5.97 Å². The van der Waals surface area contributed by atoms with Crippen LogP contribution in [0.2, 0.25) is 0 Å². The van der Waals surface area contributed by atoms with Crippen molar-refractivity contribution < 1.29 is 9.90 Å². The number of rotatable bonds is 5. The molecule has 21 heavy (non-hydrogen) atoms. The number of nitrogens with zero attached hydrogens (tertiary/aromatic N) is 2. The van der Waals surface area contributed by atoms with Crippen molar-refractivity contribution in [3.05, 3.63) is 22.9 Å². The van der Waals surface area contributed by atoms with E-state index in [1.54, 1.807) is 6.07 Å². The Hall–Kier alpha value is -1.27. The van der Waals surface area contributed by atoms with Crippen molar-refractivity contribution in [3.63, 3.8) is 0 Å². The Balaban J connectivity index is 1.65. The van der Waals surface area contributed by atoms with Crippen molar-refractivity contribution in [1.29, 1.82) is 0 Å². The van der Waals surface area contributed by atoms with Gasteiger partial charge in [0.2, 0.25) is 0 Å². The van der Waals surface area contributed by atoms with Crippen LogP contribution in [0.4, 0.5) is 5.82 Å². The number of nitrogens with one attached hydrogen (secondary N) is 1. The van der Waals surface area contributed by atoms with Crippen LogP contribution in [-0.4, -0.2) is 58.6 Å². The number of anilines is 1. The largest absolute Gasteiger partial charge is 0.478 e. The fourth-order valence-electron chi connectivity index (χ4n) is 2.93. The molecule has 1 fully saturated rings. The van der Waals surface area contributed by atoms with E-state index in [1.165, 1.54) is 11.5 Å². The van der Waals surface area contributed by atoms with Gasteiger partial charge in [0, 0.05) is 43.4 Å². The predicted octanol–water partition coefficient (Wildman–Crippen LogP) is 1.73. The smallest absolute Gasteiger partial charge is 0.339 e. The summed E-state index contributed by atoms with van der Waals surface area (Å²) in [5, 5.41) is 12.6. The molecule has 2 aliphatic rings. The topological polar surface area (TPSA) is 65.5 Å². The van der Waals surface area contributed by atoms with Crippen LogP contribution in [0.3, 0.4) is 0 Å². The van der Waals surface area contributed by atoms with Gasteiger partial charge in [0.1, 0.15) is 11.4 Å². The molecular weight excluding hydrogens is 286 g/mol. The maximum absolute atomic E-state index is 11.4. The van der Waals surface area contributed by atoms with Crippen molar-refractivity contribution >= 4 is 23.5 Å². The zero-order valence-electron chi connectivity index (χ0n) is 12.1. The number of aryl methyl sites for hydroxylation is 2. The maximum atomic E-state index is 11.4. The van der Waals surface area contributed by atoms with Crippen molar-refractivity contribution in [2.24, 2.45) is 0 Å². The van der Waals surface area contributed by atoms with Crippen LogP contribution >= 0.6 is 11.8 Å². The molecule has 1 aliphatic carbocycles. The lowest BCUT2D eigenvalue weighted by molar-refractivity contribution is 0.0697. The third-order valence-electron chi connectivity index (χ3n) is 4.11. The van der Waals surface area contributed by atoms with Crippen LogP contribution < -0.4 is 5.32 Å². The lowest BCUT2D eigenvalue weighted by Gasteiger charge is -2.26. The van der Waals surface area contributed by atoms with Gasteiger partial charge in [-0.05, 0) is 30.9 Å². The Bertz CT molecular complexity index is 530. The zero-order chi connectivity index (χ0) is 14.7. The van der Waals surface area contributed by atoms with Gasteiger partial charge in [-0.1, -0.05) is 0 Å². The molecule has 0 radical (unpaired) electrons. The summed E-state index contributed by atoms with van der Waals surface area (Å²) in [6.45, 7) is 3.93. The molecule has 1 aliphatic heterocycles. The Labute approximate surface area is 129 Å². The van der Waals surface area contributed by atoms with Gasteiger partial charge in [-0.25, -0.2) is 9.78 Å². The number of pyridine rings is 1. The third kappa shape index (κ3) is 3.49. The van der Waals surface area contributed by atoms with Gasteiger partial charge in [0.15, 0.2) is 0 Å². The molecule has 0 saturated carbocycles. The van der Waals surface area contributed by atoms with Gasteiger partial charge in [-0.2, -0.15) is 11.8 Å². The first-order chi connectivity index (χ1) is 10.2. The average Bonchev–Trinajstić information content (AvgIpc) is 2.94. The summed E-state index contributed by atoms with van der Waals surface area (Å²) >= 11 is 2.00. The standard InChI is InChI=1S/C15H21N3O2S/c19-15(20)12-10-11-2-1-3-13(11)17-14(12)16-4-5-18-6-8-21-9-7-18/h10H,1-9H2,(H,16,17)(H,19,20). The molecule has 5 nitrogen and oxygen atoms in total. The molecule has 3 rings (SSSR count). The van der Waals surface area contributed by atoms with Gasteiger partial charge >= 0.3 is 5.97 Å². The van der Waals surface area contributed by atoms with Crippen LogP contribution in [0.1, 0.15) is 28.0 Å². The molecule has 114 valence electrons. The van der Waals surface area contributed by atoms with Crippen molar-refractivity contribution in [3.8, 4) is 0 Å². The normalized spacial score (nSPS) is 18.5. The number of hydrogen-bond donors (Lipinski definition) is 2. The second-order valence-electron chi connectivity index (χ2n) is 5.53. The van der Waals surface area contributed by atoms with E-state index in [0.717, 1.165) is 56.7 Å². The molecular formula is C15H21N3O2S. The van der Waals surface area contributed by atoms with Crippen LogP contribution in [-0.2, 0) is 12.8 Å². The second kappa shape index (κ2) is 6.66. The maximum Gasteiger partial charge on any atom is 0.339 e. The van der Waals surface area contributed by atoms with Crippen LogP contribution in [0.15, 0.2) is 6.07 Å². The minimum absolute atomic E-state index is 0.310. The molecule has 1 saturated heterocycles. The lowest BCUT2D eigenvalue weighted by Crippen LogP contribution is -2.36. The molecule has 0 spiro atoms. The highest BCUT2D eigenvalue weighted by Gasteiger charge is 2.20. The highest BCUT2D eigenvalue weighted by Crippen LogP contribution is 2.25. The van der Waals surface area contributed by atoms with E-state index in [0.29, 0.717) is 11.4 Å². The lowest BCUT2D eigenvalue weighted by atomic mass is 10.1. The first-order valence-electron chi connectivity index (χ1n) is 7.54. The number of hydrogen-bond acceptors (Lipinski definition) is 5. The number of carboxylic acids is 1. The van der Waals surface area contributed by atoms with Gasteiger partial charge in [0.25, 0.3) is 0 Å². The van der Waals surface area contributed by atoms with E-state index >= 15 is 0 Å². The van der Waals surface area contributed by atoms with E-state index in [-0.39, 0.29) is 0 Å². The van der Waals surface area contributed by atoms with Crippen molar-refractivity contribution in [2.75, 3.05) is 43.0 Å². The minimum Gasteiger partial charge on any atom is -0.478 e. The third-order valence-corrected chi connectivity index (χ3v) is 5.05. The molecule has 1 aromatic heterocycles. The zero-order valence-corrected chi connectivity index (χ0v) is 12.9. The van der Waals surface area contributed by atoms with Crippen molar-refractivity contribution in [1.82, 2.24) is 9.88 Å². The SMILES string of the molecule is O=C(O)c1cc2c(nc1NCCN1CCSCC1)CCC2. The molecule has 1 aromatic rings. The Kier molecular flexibility index (Phi) is 4.65. The van der Waals surface area contributed by atoms with Gasteiger partial charge < -0.3 is 10.4 Å². The van der Waals surface area contributed by atoms with Crippen LogP contribution in [0, 0.1) is 0 Å². The highest BCUT2D eigenvalue weighted by molar-refractivity contribution is 7.99. The Morgan fingerprint density at radius 3 is 2.95 bits per heavy atom. The average molecular weight is 307 g/mol. The molecule has 0 unspecified atom stereocenters. The number of thioether (sulfide) groups is 1. The molecule has 0 aromatic carbocycles. The van der Waals surface area contributed by atoms with Gasteiger partial charge in [-0.15, -0.1) is 0 Å². The summed E-state index contributed by atoms with van der Waals surface area (Å²) in [5.74, 6) is 2.03. The summed E-state index contributed by atoms with van der Waals surface area (Å²) in [7, 11) is 0. The molecule has 2 N–H and O–H groups in total. The van der Waals surface area contributed by atoms with E-state index in [9.17, 15) is 9.90 Å². The molecule has 0 amide bonds. The van der Waals surface area contributed by atoms with Crippen LogP contribution in [0.5, 0.6) is 0 Å². The van der Waals surface area contributed by atoms with Crippen LogP contribution in [0.25, 0.3) is 0 Å². The van der Waals surface area contributed by atoms with E-state index in [4.69, 9.17) is 0 Å². The highest BCUT2D eigenvalue weighted by atomic mass is 32.2. The summed E-state index contributed by atoms with van der Waals surface area (Å²) in [6, 6.07) is 1.80. The van der Waals surface area contributed by atoms with Gasteiger partial charge in [0.05, 0.1) is 0 Å². The predicted molar refractivity (Wildman–Crippen MR) is 85.5 cm³/mol. The minimum atomic E-state index is -0.894. The number of aromatic nitrogens is 1. The fourth-order valence-corrected chi connectivity index (χ4v) is 3.91. The quantitative estimate of drug-likeness (QED) is 0.864. The summed E-state index contributed by atoms with van der Waals surface area (Å²) < 4.78 is 0. The number of aromatic carboxylic acids is 1. The molecule has 2 heterocycles. The monoisotopic (exact) mass is 307 g/mol. The molecule has 0 bridgehead atoms. The van der Waals surface area contributed by atoms with E-state index in [1.807, 2.05) is 11.8 Å². The fraction of sp³-hybridized carbons (Fsp3) is 0.600. The van der Waals surface area contributed by atoms with E-state index in [2.05, 4.69) is 15.2 Å². The van der Waals surface area contributed by atoms with Crippen molar-refractivity contribution in [2.45, 2.75) is 19.3 Å². The number of carboxylic acid groups (broad SMARTS) is 1. The summed E-state index contributed by atoms with van der Waals surface area (Å²) in [5.41, 5.74) is 2.48. The van der Waals surface area contributed by atoms with Gasteiger partial charge in [-0.3, -0.25) is 4.90 Å². The first kappa shape index (κ1) is 14.7. The summed E-state index contributed by atoms with van der Waals surface area (Å²) in [4.78, 5) is 18.3. The Morgan fingerprint density at radius 2 is 2.19 bits per heavy atom. The Morgan fingerprint density at radius 1 is 1.38 bits per heavy atom. The second-order valence-corrected chi connectivity index (χ2v) is 6.75. The first-order valence-corrected chi connectivity index (χ1v) is 8.69.